The number of carbonyl (C=O) groups is 2. The van der Waals surface area contributed by atoms with Gasteiger partial charge in [0.25, 0.3) is 0 Å². The van der Waals surface area contributed by atoms with Gasteiger partial charge in [-0.05, 0) is 38.1 Å². The molecule has 92 valence electrons. The highest BCUT2D eigenvalue weighted by Gasteiger charge is 2.13. The van der Waals surface area contributed by atoms with Gasteiger partial charge in [-0.1, -0.05) is 0 Å². The van der Waals surface area contributed by atoms with E-state index >= 15 is 0 Å². The van der Waals surface area contributed by atoms with E-state index < -0.39 is 10.8 Å². The fraction of sp³-hybridized carbons (Fsp3) is 0.333. The molecule has 2 atom stereocenters. The topological polar surface area (TPSA) is 46.2 Å². The number of anilines is 1. The Morgan fingerprint density at radius 3 is 2.00 bits per heavy atom. The second-order valence-corrected chi connectivity index (χ2v) is 4.97. The lowest BCUT2D eigenvalue weighted by atomic mass is 10.1. The average molecular weight is 274 g/mol. The Morgan fingerprint density at radius 1 is 1.06 bits per heavy atom. The van der Waals surface area contributed by atoms with Crippen LogP contribution in [0.5, 0.6) is 0 Å². The van der Waals surface area contributed by atoms with E-state index in [9.17, 15) is 9.59 Å². The summed E-state index contributed by atoms with van der Waals surface area (Å²) < 4.78 is 0. The maximum absolute atomic E-state index is 11.5. The number of Topliss-reactive ketones (excluding diaryl/α,β-unsaturated/α-hetero) is 1. The molecule has 0 radical (unpaired) electrons. The van der Waals surface area contributed by atoms with Crippen LogP contribution in [-0.2, 0) is 4.79 Å². The Labute approximate surface area is 110 Å². The van der Waals surface area contributed by atoms with Crippen molar-refractivity contribution in [2.45, 2.75) is 24.6 Å². The summed E-state index contributed by atoms with van der Waals surface area (Å²) in [5.74, 6) is -0.424. The van der Waals surface area contributed by atoms with Crippen molar-refractivity contribution in [1.29, 1.82) is 0 Å². The molecular formula is C12H13Cl2NO2. The number of hydrogen-bond donors (Lipinski definition) is 1. The first kappa shape index (κ1) is 14.0. The Kier molecular flexibility index (Phi) is 4.97. The van der Waals surface area contributed by atoms with Crippen LogP contribution in [0.2, 0.25) is 0 Å². The fourth-order valence-electron chi connectivity index (χ4n) is 1.19. The predicted molar refractivity (Wildman–Crippen MR) is 70.0 cm³/mol. The molecule has 0 aliphatic rings. The minimum absolute atomic E-state index is 0.143. The van der Waals surface area contributed by atoms with Gasteiger partial charge in [-0.2, -0.15) is 0 Å². The van der Waals surface area contributed by atoms with Crippen molar-refractivity contribution >= 4 is 40.6 Å². The number of nitrogens with one attached hydrogen (secondary N) is 1. The first-order chi connectivity index (χ1) is 7.91. The first-order valence-corrected chi connectivity index (χ1v) is 6.02. The molecule has 3 nitrogen and oxygen atoms in total. The summed E-state index contributed by atoms with van der Waals surface area (Å²) in [7, 11) is 0. The van der Waals surface area contributed by atoms with Gasteiger partial charge in [0.15, 0.2) is 5.78 Å². The molecule has 0 bridgehead atoms. The number of halogens is 2. The second kappa shape index (κ2) is 6.03. The molecule has 0 aromatic heterocycles. The van der Waals surface area contributed by atoms with Crippen LogP contribution in [0, 0.1) is 0 Å². The summed E-state index contributed by atoms with van der Waals surface area (Å²) in [5.41, 5.74) is 1.12. The molecule has 1 aromatic carbocycles. The zero-order valence-corrected chi connectivity index (χ0v) is 11.0. The number of amides is 1. The van der Waals surface area contributed by atoms with Gasteiger partial charge in [0, 0.05) is 11.3 Å². The molecule has 2 unspecified atom stereocenters. The van der Waals surface area contributed by atoms with Crippen LogP contribution in [0.15, 0.2) is 24.3 Å². The molecule has 0 saturated carbocycles. The summed E-state index contributed by atoms with van der Waals surface area (Å²) in [6.07, 6.45) is 0. The van der Waals surface area contributed by atoms with Crippen molar-refractivity contribution in [3.05, 3.63) is 29.8 Å². The van der Waals surface area contributed by atoms with Crippen molar-refractivity contribution in [2.75, 3.05) is 5.32 Å². The number of ketones is 1. The molecule has 0 fully saturated rings. The van der Waals surface area contributed by atoms with E-state index in [-0.39, 0.29) is 11.7 Å². The third-order valence-corrected chi connectivity index (χ3v) is 2.56. The third kappa shape index (κ3) is 4.02. The maximum atomic E-state index is 11.5. The molecule has 0 heterocycles. The smallest absolute Gasteiger partial charge is 0.242 e. The van der Waals surface area contributed by atoms with Gasteiger partial charge in [-0.3, -0.25) is 9.59 Å². The number of benzene rings is 1. The number of carbonyl (C=O) groups excluding carboxylic acids is 2. The molecule has 0 spiro atoms. The lowest BCUT2D eigenvalue weighted by Crippen LogP contribution is -2.20. The van der Waals surface area contributed by atoms with Gasteiger partial charge in [-0.25, -0.2) is 0 Å². The van der Waals surface area contributed by atoms with Crippen molar-refractivity contribution in [3.8, 4) is 0 Å². The lowest BCUT2D eigenvalue weighted by Gasteiger charge is -2.07. The normalized spacial score (nSPS) is 13.9. The van der Waals surface area contributed by atoms with Gasteiger partial charge < -0.3 is 5.32 Å². The van der Waals surface area contributed by atoms with E-state index in [1.165, 1.54) is 0 Å². The van der Waals surface area contributed by atoms with Crippen LogP contribution >= 0.6 is 23.2 Å². The van der Waals surface area contributed by atoms with Gasteiger partial charge in [-0.15, -0.1) is 23.2 Å². The van der Waals surface area contributed by atoms with E-state index in [4.69, 9.17) is 23.2 Å². The van der Waals surface area contributed by atoms with Crippen LogP contribution in [0.3, 0.4) is 0 Å². The summed E-state index contributed by atoms with van der Waals surface area (Å²) in [5, 5.41) is 1.47. The van der Waals surface area contributed by atoms with E-state index in [2.05, 4.69) is 5.32 Å². The van der Waals surface area contributed by atoms with Gasteiger partial charge >= 0.3 is 0 Å². The highest BCUT2D eigenvalue weighted by Crippen LogP contribution is 2.13. The zero-order valence-electron chi connectivity index (χ0n) is 9.54. The predicted octanol–water partition coefficient (Wildman–Crippen LogP) is 3.06. The van der Waals surface area contributed by atoms with Gasteiger partial charge in [0.1, 0.15) is 5.38 Å². The highest BCUT2D eigenvalue weighted by atomic mass is 35.5. The van der Waals surface area contributed by atoms with Crippen molar-refractivity contribution in [1.82, 2.24) is 0 Å². The van der Waals surface area contributed by atoms with Crippen molar-refractivity contribution in [2.24, 2.45) is 0 Å². The quantitative estimate of drug-likeness (QED) is 0.677. The molecule has 1 amide bonds. The summed E-state index contributed by atoms with van der Waals surface area (Å²) >= 11 is 11.3. The van der Waals surface area contributed by atoms with E-state index in [0.717, 1.165) is 0 Å². The lowest BCUT2D eigenvalue weighted by molar-refractivity contribution is -0.115. The second-order valence-electron chi connectivity index (χ2n) is 3.66. The third-order valence-electron chi connectivity index (χ3n) is 2.16. The van der Waals surface area contributed by atoms with Crippen molar-refractivity contribution in [3.63, 3.8) is 0 Å². The van der Waals surface area contributed by atoms with E-state index in [0.29, 0.717) is 11.3 Å². The Morgan fingerprint density at radius 2 is 1.59 bits per heavy atom. The van der Waals surface area contributed by atoms with Crippen LogP contribution in [0.1, 0.15) is 24.2 Å². The van der Waals surface area contributed by atoms with Crippen LogP contribution in [0.25, 0.3) is 0 Å². The molecule has 0 saturated heterocycles. The highest BCUT2D eigenvalue weighted by molar-refractivity contribution is 6.33. The first-order valence-electron chi connectivity index (χ1n) is 5.15. The molecule has 0 aliphatic heterocycles. The van der Waals surface area contributed by atoms with E-state index in [1.807, 2.05) is 0 Å². The summed E-state index contributed by atoms with van der Waals surface area (Å²) in [6.45, 7) is 3.21. The molecule has 5 heteroatoms. The fourth-order valence-corrected chi connectivity index (χ4v) is 1.37. The van der Waals surface area contributed by atoms with E-state index in [1.54, 1.807) is 38.1 Å². The van der Waals surface area contributed by atoms with Crippen LogP contribution in [-0.4, -0.2) is 22.4 Å². The summed E-state index contributed by atoms with van der Waals surface area (Å²) in [4.78, 5) is 22.9. The standard InChI is InChI=1S/C12H13Cl2NO2/c1-7(13)11(16)9-3-5-10(6-4-9)15-12(17)8(2)14/h3-8H,1-2H3,(H,15,17). The largest absolute Gasteiger partial charge is 0.325 e. The number of rotatable bonds is 4. The number of alkyl halides is 2. The molecule has 1 aromatic rings. The molecular weight excluding hydrogens is 261 g/mol. The molecule has 0 aliphatic carbocycles. The minimum atomic E-state index is -0.598. The Hall–Kier alpha value is -1.06. The minimum Gasteiger partial charge on any atom is -0.325 e. The Bertz CT molecular complexity index is 413. The monoisotopic (exact) mass is 273 g/mol. The maximum Gasteiger partial charge on any atom is 0.242 e. The van der Waals surface area contributed by atoms with Crippen LogP contribution < -0.4 is 5.32 Å². The molecule has 1 rings (SSSR count). The molecule has 1 N–H and O–H groups in total. The SMILES string of the molecule is CC(Cl)C(=O)Nc1ccc(C(=O)C(C)Cl)cc1. The van der Waals surface area contributed by atoms with Gasteiger partial charge in [0.2, 0.25) is 5.91 Å². The Balaban J connectivity index is 2.75. The van der Waals surface area contributed by atoms with Crippen LogP contribution in [0.4, 0.5) is 5.69 Å². The van der Waals surface area contributed by atoms with Gasteiger partial charge in [0.05, 0.1) is 5.38 Å². The average Bonchev–Trinajstić information content (AvgIpc) is 2.28. The summed E-state index contributed by atoms with van der Waals surface area (Å²) in [6, 6.07) is 6.53. The number of hydrogen-bond acceptors (Lipinski definition) is 2. The molecule has 17 heavy (non-hydrogen) atoms. The van der Waals surface area contributed by atoms with Crippen molar-refractivity contribution < 1.29 is 9.59 Å². The zero-order chi connectivity index (χ0) is 13.0.